The fraction of sp³-hybridized carbons (Fsp3) is 0.348. The summed E-state index contributed by atoms with van der Waals surface area (Å²) in [6.07, 6.45) is 0. The van der Waals surface area contributed by atoms with Gasteiger partial charge in [-0.15, -0.1) is 0 Å². The SMILES string of the molecule is CC(C)(C)C(=O)N1CCN(C(=O)c2ccc(Oc3ccc(C(N)=O)cc3)cc2)CC1. The molecule has 0 unspecified atom stereocenters. The molecule has 0 spiro atoms. The maximum atomic E-state index is 12.8. The van der Waals surface area contributed by atoms with Crippen molar-refractivity contribution >= 4 is 17.7 Å². The molecule has 0 aromatic heterocycles. The second-order valence-corrected chi connectivity index (χ2v) is 8.35. The minimum absolute atomic E-state index is 0.0600. The van der Waals surface area contributed by atoms with Crippen LogP contribution in [0.2, 0.25) is 0 Å². The molecule has 30 heavy (non-hydrogen) atoms. The highest BCUT2D eigenvalue weighted by molar-refractivity contribution is 5.94. The number of hydrogen-bond acceptors (Lipinski definition) is 4. The molecule has 1 aliphatic rings. The highest BCUT2D eigenvalue weighted by Gasteiger charge is 2.31. The number of rotatable bonds is 4. The van der Waals surface area contributed by atoms with Crippen molar-refractivity contribution in [2.45, 2.75) is 20.8 Å². The molecular formula is C23H27N3O4. The maximum absolute atomic E-state index is 12.8. The van der Waals surface area contributed by atoms with Crippen LogP contribution in [0.25, 0.3) is 0 Å². The summed E-state index contributed by atoms with van der Waals surface area (Å²) in [5.74, 6) is 0.709. The minimum atomic E-state index is -0.493. The van der Waals surface area contributed by atoms with Gasteiger partial charge in [-0.3, -0.25) is 14.4 Å². The van der Waals surface area contributed by atoms with Crippen LogP contribution in [0.1, 0.15) is 41.5 Å². The van der Waals surface area contributed by atoms with Gasteiger partial charge in [0.25, 0.3) is 5.91 Å². The van der Waals surface area contributed by atoms with Crippen LogP contribution < -0.4 is 10.5 Å². The van der Waals surface area contributed by atoms with E-state index in [2.05, 4.69) is 0 Å². The summed E-state index contributed by atoms with van der Waals surface area (Å²) < 4.78 is 5.74. The van der Waals surface area contributed by atoms with E-state index in [-0.39, 0.29) is 11.8 Å². The number of nitrogens with zero attached hydrogens (tertiary/aromatic N) is 2. The van der Waals surface area contributed by atoms with Crippen molar-refractivity contribution < 1.29 is 19.1 Å². The largest absolute Gasteiger partial charge is 0.457 e. The Balaban J connectivity index is 1.58. The van der Waals surface area contributed by atoms with E-state index in [1.807, 2.05) is 25.7 Å². The van der Waals surface area contributed by atoms with Crippen molar-refractivity contribution in [3.8, 4) is 11.5 Å². The highest BCUT2D eigenvalue weighted by atomic mass is 16.5. The van der Waals surface area contributed by atoms with Crippen molar-refractivity contribution in [1.82, 2.24) is 9.80 Å². The first-order valence-electron chi connectivity index (χ1n) is 9.91. The van der Waals surface area contributed by atoms with Crippen LogP contribution >= 0.6 is 0 Å². The van der Waals surface area contributed by atoms with Gasteiger partial charge in [-0.05, 0) is 48.5 Å². The van der Waals surface area contributed by atoms with Gasteiger partial charge >= 0.3 is 0 Å². The molecule has 1 aliphatic heterocycles. The molecule has 7 nitrogen and oxygen atoms in total. The Morgan fingerprint density at radius 2 is 1.20 bits per heavy atom. The number of carbonyl (C=O) groups excluding carboxylic acids is 3. The normalized spacial score (nSPS) is 14.4. The lowest BCUT2D eigenvalue weighted by molar-refractivity contribution is -0.140. The first-order chi connectivity index (χ1) is 14.1. The Labute approximate surface area is 176 Å². The van der Waals surface area contributed by atoms with Crippen molar-refractivity contribution in [2.75, 3.05) is 26.2 Å². The second-order valence-electron chi connectivity index (χ2n) is 8.35. The van der Waals surface area contributed by atoms with Gasteiger partial charge < -0.3 is 20.3 Å². The molecule has 0 saturated carbocycles. The molecule has 1 saturated heterocycles. The monoisotopic (exact) mass is 409 g/mol. The van der Waals surface area contributed by atoms with Gasteiger partial charge in [0.15, 0.2) is 0 Å². The van der Waals surface area contributed by atoms with Gasteiger partial charge in [0.1, 0.15) is 11.5 Å². The first kappa shape index (κ1) is 21.4. The molecule has 2 aromatic carbocycles. The summed E-state index contributed by atoms with van der Waals surface area (Å²) in [5.41, 5.74) is 5.80. The fourth-order valence-electron chi connectivity index (χ4n) is 3.26. The zero-order valence-electron chi connectivity index (χ0n) is 17.6. The molecule has 0 atom stereocenters. The van der Waals surface area contributed by atoms with Gasteiger partial charge in [0, 0.05) is 42.7 Å². The third-order valence-corrected chi connectivity index (χ3v) is 4.97. The number of amides is 3. The van der Waals surface area contributed by atoms with E-state index in [9.17, 15) is 14.4 Å². The first-order valence-corrected chi connectivity index (χ1v) is 9.91. The van der Waals surface area contributed by atoms with E-state index in [1.54, 1.807) is 53.4 Å². The van der Waals surface area contributed by atoms with E-state index in [0.29, 0.717) is 48.8 Å². The number of benzene rings is 2. The zero-order valence-corrected chi connectivity index (χ0v) is 17.6. The molecular weight excluding hydrogens is 382 g/mol. The fourth-order valence-corrected chi connectivity index (χ4v) is 3.26. The lowest BCUT2D eigenvalue weighted by Gasteiger charge is -2.37. The second kappa shape index (κ2) is 8.57. The van der Waals surface area contributed by atoms with Gasteiger partial charge in [0.2, 0.25) is 11.8 Å². The zero-order chi connectivity index (χ0) is 21.9. The molecule has 0 bridgehead atoms. The molecule has 2 aromatic rings. The highest BCUT2D eigenvalue weighted by Crippen LogP contribution is 2.23. The Morgan fingerprint density at radius 3 is 1.63 bits per heavy atom. The Kier molecular flexibility index (Phi) is 6.10. The van der Waals surface area contributed by atoms with E-state index >= 15 is 0 Å². The summed E-state index contributed by atoms with van der Waals surface area (Å²) in [7, 11) is 0. The number of hydrogen-bond donors (Lipinski definition) is 1. The lowest BCUT2D eigenvalue weighted by Crippen LogP contribution is -2.53. The van der Waals surface area contributed by atoms with Crippen LogP contribution in [0, 0.1) is 5.41 Å². The number of ether oxygens (including phenoxy) is 1. The van der Waals surface area contributed by atoms with Crippen LogP contribution in [0.5, 0.6) is 11.5 Å². The van der Waals surface area contributed by atoms with Crippen LogP contribution in [0.3, 0.4) is 0 Å². The van der Waals surface area contributed by atoms with Crippen molar-refractivity contribution in [3.05, 3.63) is 59.7 Å². The molecule has 3 rings (SSSR count). The summed E-state index contributed by atoms with van der Waals surface area (Å²) in [4.78, 5) is 39.9. The topological polar surface area (TPSA) is 92.9 Å². The van der Waals surface area contributed by atoms with Crippen molar-refractivity contribution in [2.24, 2.45) is 11.1 Å². The van der Waals surface area contributed by atoms with E-state index in [4.69, 9.17) is 10.5 Å². The molecule has 0 radical (unpaired) electrons. The van der Waals surface area contributed by atoms with E-state index < -0.39 is 11.3 Å². The number of piperazine rings is 1. The summed E-state index contributed by atoms with van der Waals surface area (Å²) >= 11 is 0. The van der Waals surface area contributed by atoms with Crippen LogP contribution in [0.15, 0.2) is 48.5 Å². The smallest absolute Gasteiger partial charge is 0.253 e. The number of nitrogens with two attached hydrogens (primary N) is 1. The summed E-state index contributed by atoms with van der Waals surface area (Å²) in [6.45, 7) is 7.85. The van der Waals surface area contributed by atoms with E-state index in [1.165, 1.54) is 0 Å². The molecule has 2 N–H and O–H groups in total. The third-order valence-electron chi connectivity index (χ3n) is 4.97. The van der Waals surface area contributed by atoms with Gasteiger partial charge in [-0.1, -0.05) is 20.8 Å². The van der Waals surface area contributed by atoms with Gasteiger partial charge in [-0.25, -0.2) is 0 Å². The number of primary amides is 1. The molecule has 1 fully saturated rings. The van der Waals surface area contributed by atoms with Crippen LogP contribution in [0.4, 0.5) is 0 Å². The van der Waals surface area contributed by atoms with Crippen LogP contribution in [-0.4, -0.2) is 53.7 Å². The maximum Gasteiger partial charge on any atom is 0.253 e. The molecule has 0 aliphatic carbocycles. The lowest BCUT2D eigenvalue weighted by atomic mass is 9.94. The minimum Gasteiger partial charge on any atom is -0.457 e. The Bertz CT molecular complexity index is 922. The van der Waals surface area contributed by atoms with Gasteiger partial charge in [-0.2, -0.15) is 0 Å². The molecule has 3 amide bonds. The Morgan fingerprint density at radius 1 is 0.767 bits per heavy atom. The molecule has 158 valence electrons. The number of carbonyl (C=O) groups is 3. The van der Waals surface area contributed by atoms with Crippen molar-refractivity contribution in [3.63, 3.8) is 0 Å². The third kappa shape index (κ3) is 4.97. The Hall–Kier alpha value is -3.35. The predicted octanol–water partition coefficient (Wildman–Crippen LogP) is 2.91. The quantitative estimate of drug-likeness (QED) is 0.840. The van der Waals surface area contributed by atoms with Crippen LogP contribution in [-0.2, 0) is 4.79 Å². The standard InChI is InChI=1S/C23H27N3O4/c1-23(2,3)22(29)26-14-12-25(13-15-26)21(28)17-6-10-19(11-7-17)30-18-8-4-16(5-9-18)20(24)27/h4-11H,12-15H2,1-3H3,(H2,24,27). The summed E-state index contributed by atoms with van der Waals surface area (Å²) in [5, 5.41) is 0. The average Bonchev–Trinajstić information content (AvgIpc) is 2.73. The predicted molar refractivity (Wildman–Crippen MR) is 113 cm³/mol. The molecule has 7 heteroatoms. The molecule has 1 heterocycles. The van der Waals surface area contributed by atoms with Crippen molar-refractivity contribution in [1.29, 1.82) is 0 Å². The van der Waals surface area contributed by atoms with E-state index in [0.717, 1.165) is 0 Å². The average molecular weight is 409 g/mol. The summed E-state index contributed by atoms with van der Waals surface area (Å²) in [6, 6.07) is 13.4. The van der Waals surface area contributed by atoms with Gasteiger partial charge in [0.05, 0.1) is 0 Å².